The summed E-state index contributed by atoms with van der Waals surface area (Å²) in [5, 5.41) is 9.27. The molecule has 6 N–H and O–H groups in total. The molecule has 2 heterocycles. The predicted octanol–water partition coefficient (Wildman–Crippen LogP) is 13.6. The van der Waals surface area contributed by atoms with Crippen LogP contribution in [0.2, 0.25) is 20.1 Å². The number of hydrogen-bond donors (Lipinski definition) is 4. The maximum atomic E-state index is 14.4. The van der Waals surface area contributed by atoms with Crippen LogP contribution in [-0.2, 0) is 13.2 Å². The Balaban J connectivity index is 1.12. The first-order valence-corrected chi connectivity index (χ1v) is 21.4. The number of nitrogen functional groups attached to an aromatic ring is 2. The Morgan fingerprint density at radius 2 is 0.950 bits per heavy atom. The van der Waals surface area contributed by atoms with E-state index in [0.29, 0.717) is 96.9 Å². The highest BCUT2D eigenvalue weighted by atomic mass is 35.5. The zero-order chi connectivity index (χ0) is 41.8. The lowest BCUT2D eigenvalue weighted by atomic mass is 9.99. The Bertz CT molecular complexity index is 2650. The molecule has 8 rings (SSSR count). The van der Waals surface area contributed by atoms with Gasteiger partial charge in [0.1, 0.15) is 36.3 Å². The number of nitrogens with one attached hydrogen (secondary N) is 2. The SMILES string of the molecule is Nc1nc(Nc2ccc(Cl)c(Cl)c2)sc1-c1ccc(C(=O)c2ccc(-c3sc(Nc4ccc(Cl)c(Cl)c4)nc3N)c(OCc3ccccc3)c2)cc1OCc1ccccc1. The number of thiazole rings is 2. The number of anilines is 6. The van der Waals surface area contributed by atoms with Crippen molar-refractivity contribution in [2.45, 2.75) is 13.2 Å². The van der Waals surface area contributed by atoms with Crippen LogP contribution >= 0.6 is 69.1 Å². The molecule has 0 amide bonds. The van der Waals surface area contributed by atoms with Gasteiger partial charge in [-0.15, -0.1) is 0 Å². The molecule has 0 unspecified atom stereocenters. The van der Waals surface area contributed by atoms with Crippen LogP contribution in [0.25, 0.3) is 20.9 Å². The number of nitrogens with two attached hydrogens (primary N) is 2. The molecule has 0 atom stereocenters. The van der Waals surface area contributed by atoms with E-state index in [1.807, 2.05) is 72.8 Å². The Labute approximate surface area is 373 Å². The molecule has 0 bridgehead atoms. The van der Waals surface area contributed by atoms with Crippen molar-refractivity contribution in [3.05, 3.63) is 176 Å². The Kier molecular flexibility index (Phi) is 12.4. The monoisotopic (exact) mass is 908 g/mol. The summed E-state index contributed by atoms with van der Waals surface area (Å²) < 4.78 is 12.9. The summed E-state index contributed by atoms with van der Waals surface area (Å²) >= 11 is 27.4. The molecule has 0 spiro atoms. The number of carbonyl (C=O) groups is 1. The van der Waals surface area contributed by atoms with Crippen LogP contribution in [0.1, 0.15) is 27.0 Å². The molecule has 0 aliphatic heterocycles. The van der Waals surface area contributed by atoms with Gasteiger partial charge in [-0.2, -0.15) is 0 Å². The average Bonchev–Trinajstić information content (AvgIpc) is 3.81. The number of halogens is 4. The smallest absolute Gasteiger partial charge is 0.193 e. The van der Waals surface area contributed by atoms with Crippen molar-refractivity contribution in [1.29, 1.82) is 0 Å². The van der Waals surface area contributed by atoms with Crippen molar-refractivity contribution < 1.29 is 14.3 Å². The molecule has 300 valence electrons. The Morgan fingerprint density at radius 1 is 0.533 bits per heavy atom. The fourth-order valence-electron chi connectivity index (χ4n) is 6.13. The van der Waals surface area contributed by atoms with E-state index in [9.17, 15) is 4.79 Å². The van der Waals surface area contributed by atoms with Gasteiger partial charge in [0.2, 0.25) is 0 Å². The van der Waals surface area contributed by atoms with Crippen molar-refractivity contribution in [2.75, 3.05) is 22.1 Å². The summed E-state index contributed by atoms with van der Waals surface area (Å²) in [5.41, 5.74) is 18.4. The number of hydrogen-bond acceptors (Lipinski definition) is 11. The van der Waals surface area contributed by atoms with Gasteiger partial charge in [-0.05, 0) is 71.8 Å². The van der Waals surface area contributed by atoms with Crippen molar-refractivity contribution in [3.8, 4) is 32.4 Å². The van der Waals surface area contributed by atoms with E-state index >= 15 is 0 Å². The van der Waals surface area contributed by atoms with E-state index in [-0.39, 0.29) is 19.0 Å². The molecule has 6 aromatic carbocycles. The summed E-state index contributed by atoms with van der Waals surface area (Å²) in [6, 6.07) is 40.5. The molecule has 0 saturated heterocycles. The average molecular weight is 911 g/mol. The first-order valence-electron chi connectivity index (χ1n) is 18.2. The molecule has 60 heavy (non-hydrogen) atoms. The normalized spacial score (nSPS) is 11.0. The highest BCUT2D eigenvalue weighted by molar-refractivity contribution is 7.20. The topological polar surface area (TPSA) is 137 Å². The maximum absolute atomic E-state index is 14.4. The number of aromatic nitrogens is 2. The van der Waals surface area contributed by atoms with Gasteiger partial charge in [0.15, 0.2) is 16.0 Å². The van der Waals surface area contributed by atoms with Crippen LogP contribution in [0.5, 0.6) is 11.5 Å². The van der Waals surface area contributed by atoms with E-state index < -0.39 is 0 Å². The van der Waals surface area contributed by atoms with E-state index in [4.69, 9.17) is 67.3 Å². The molecule has 15 heteroatoms. The summed E-state index contributed by atoms with van der Waals surface area (Å²) in [5.74, 6) is 1.25. The van der Waals surface area contributed by atoms with E-state index in [2.05, 4.69) is 20.6 Å². The first kappa shape index (κ1) is 41.0. The number of rotatable bonds is 14. The van der Waals surface area contributed by atoms with Gasteiger partial charge in [-0.25, -0.2) is 9.97 Å². The highest BCUT2D eigenvalue weighted by Crippen LogP contribution is 2.44. The molecule has 0 aliphatic carbocycles. The Hall–Kier alpha value is -5.79. The minimum absolute atomic E-state index is 0.249. The fourth-order valence-corrected chi connectivity index (χ4v) is 8.60. The van der Waals surface area contributed by atoms with Gasteiger partial charge in [0.05, 0.1) is 29.8 Å². The minimum Gasteiger partial charge on any atom is -0.488 e. The van der Waals surface area contributed by atoms with E-state index in [1.54, 1.807) is 60.7 Å². The zero-order valence-corrected chi connectivity index (χ0v) is 35.9. The number of nitrogens with zero attached hydrogens (tertiary/aromatic N) is 2. The number of ether oxygens (including phenoxy) is 2. The quantitative estimate of drug-likeness (QED) is 0.0786. The van der Waals surface area contributed by atoms with Crippen molar-refractivity contribution in [2.24, 2.45) is 0 Å². The second kappa shape index (κ2) is 18.2. The van der Waals surface area contributed by atoms with Gasteiger partial charge in [-0.1, -0.05) is 142 Å². The van der Waals surface area contributed by atoms with Gasteiger partial charge >= 0.3 is 0 Å². The predicted molar refractivity (Wildman–Crippen MR) is 248 cm³/mol. The van der Waals surface area contributed by atoms with Crippen LogP contribution in [0, 0.1) is 0 Å². The second-order valence-electron chi connectivity index (χ2n) is 13.3. The molecule has 2 aromatic heterocycles. The lowest BCUT2D eigenvalue weighted by Crippen LogP contribution is -2.05. The fraction of sp³-hybridized carbons (Fsp3) is 0.0444. The van der Waals surface area contributed by atoms with E-state index in [1.165, 1.54) is 22.7 Å². The minimum atomic E-state index is -0.249. The molecule has 0 saturated carbocycles. The molecule has 9 nitrogen and oxygen atoms in total. The lowest BCUT2D eigenvalue weighted by Gasteiger charge is -2.15. The van der Waals surface area contributed by atoms with Crippen LogP contribution in [0.3, 0.4) is 0 Å². The summed E-state index contributed by atoms with van der Waals surface area (Å²) in [4.78, 5) is 24.9. The number of ketones is 1. The van der Waals surface area contributed by atoms with E-state index in [0.717, 1.165) is 11.1 Å². The third-order valence-electron chi connectivity index (χ3n) is 9.10. The second-order valence-corrected chi connectivity index (χ2v) is 16.9. The third-order valence-corrected chi connectivity index (χ3v) is 12.6. The summed E-state index contributed by atoms with van der Waals surface area (Å²) in [6.07, 6.45) is 0. The van der Waals surface area contributed by atoms with Gasteiger partial charge in [-0.3, -0.25) is 4.79 Å². The largest absolute Gasteiger partial charge is 0.488 e. The van der Waals surface area contributed by atoms with Crippen LogP contribution in [-0.4, -0.2) is 15.8 Å². The molecule has 0 aliphatic rings. The highest BCUT2D eigenvalue weighted by Gasteiger charge is 2.22. The van der Waals surface area contributed by atoms with Crippen LogP contribution in [0.15, 0.2) is 133 Å². The van der Waals surface area contributed by atoms with Crippen LogP contribution < -0.4 is 31.6 Å². The van der Waals surface area contributed by atoms with Gasteiger partial charge in [0.25, 0.3) is 0 Å². The summed E-state index contributed by atoms with van der Waals surface area (Å²) in [6.45, 7) is 0.506. The lowest BCUT2D eigenvalue weighted by molar-refractivity contribution is 0.103. The third kappa shape index (κ3) is 9.48. The van der Waals surface area contributed by atoms with Crippen LogP contribution in [0.4, 0.5) is 33.3 Å². The maximum Gasteiger partial charge on any atom is 0.193 e. The van der Waals surface area contributed by atoms with Crippen molar-refractivity contribution in [1.82, 2.24) is 9.97 Å². The molecule has 8 aromatic rings. The number of carbonyl (C=O) groups excluding carboxylic acids is 1. The van der Waals surface area contributed by atoms with Crippen molar-refractivity contribution >= 4 is 108 Å². The molecule has 0 fully saturated rings. The number of benzene rings is 6. The molecular weight excluding hydrogens is 878 g/mol. The van der Waals surface area contributed by atoms with Gasteiger partial charge in [0, 0.05) is 33.6 Å². The van der Waals surface area contributed by atoms with Gasteiger partial charge < -0.3 is 31.6 Å². The molecule has 0 radical (unpaired) electrons. The first-order chi connectivity index (χ1) is 29.1. The standard InChI is InChI=1S/C45H32Cl4N6O3S2/c46-33-17-13-29(21-35(33)48)52-44-54-42(50)40(59-44)31-15-11-27(19-37(31)57-23-25-7-3-1-4-8-25)39(56)28-12-16-32(38(20-28)58-24-26-9-5-2-6-10-26)41-43(51)55-45(60-41)53-30-14-18-34(47)36(49)22-30/h1-22H,23-24,50-51H2,(H,52,54)(H,53,55). The zero-order valence-electron chi connectivity index (χ0n) is 31.2. The Morgan fingerprint density at radius 3 is 1.35 bits per heavy atom. The summed E-state index contributed by atoms with van der Waals surface area (Å²) in [7, 11) is 0. The molecular formula is C45H32Cl4N6O3S2. The van der Waals surface area contributed by atoms with Crippen molar-refractivity contribution in [3.63, 3.8) is 0 Å².